The van der Waals surface area contributed by atoms with Gasteiger partial charge < -0.3 is 15.5 Å². The van der Waals surface area contributed by atoms with Crippen LogP contribution in [-0.4, -0.2) is 57.8 Å². The van der Waals surface area contributed by atoms with Gasteiger partial charge in [-0.1, -0.05) is 17.7 Å². The number of nitrogens with zero attached hydrogens (tertiary/aromatic N) is 2. The van der Waals surface area contributed by atoms with Gasteiger partial charge in [-0.2, -0.15) is 4.31 Å². The van der Waals surface area contributed by atoms with Crippen LogP contribution in [0.25, 0.3) is 0 Å². The molecule has 0 aromatic heterocycles. The molecular formula is C20H24N4O4S. The molecule has 9 heteroatoms. The lowest BCUT2D eigenvalue weighted by atomic mass is 10.2. The number of hydrogen-bond donors (Lipinski definition) is 2. The maximum Gasteiger partial charge on any atom is 0.243 e. The van der Waals surface area contributed by atoms with Gasteiger partial charge in [-0.15, -0.1) is 0 Å². The molecular weight excluding hydrogens is 392 g/mol. The molecule has 0 spiro atoms. The van der Waals surface area contributed by atoms with Crippen LogP contribution in [0.1, 0.15) is 5.56 Å². The fourth-order valence-corrected chi connectivity index (χ4v) is 4.12. The van der Waals surface area contributed by atoms with Crippen LogP contribution in [0.15, 0.2) is 53.4 Å². The van der Waals surface area contributed by atoms with Crippen LogP contribution in [0.4, 0.5) is 11.4 Å². The van der Waals surface area contributed by atoms with Crippen molar-refractivity contribution >= 4 is 33.2 Å². The van der Waals surface area contributed by atoms with E-state index in [0.717, 1.165) is 22.1 Å². The molecule has 0 bridgehead atoms. The first-order chi connectivity index (χ1) is 13.8. The Hall–Kier alpha value is -2.91. The summed E-state index contributed by atoms with van der Waals surface area (Å²) in [6.45, 7) is 3.19. The molecule has 0 saturated carbocycles. The minimum Gasteiger partial charge on any atom is -0.360 e. The van der Waals surface area contributed by atoms with E-state index in [9.17, 15) is 18.0 Å². The van der Waals surface area contributed by atoms with Crippen molar-refractivity contribution in [1.29, 1.82) is 0 Å². The smallest absolute Gasteiger partial charge is 0.243 e. The number of benzene rings is 2. The molecule has 2 aromatic rings. The normalized spacial score (nSPS) is 14.6. The maximum absolute atomic E-state index is 12.6. The SMILES string of the molecule is Cc1ccc(S(=O)(=O)N(C)CC(=O)Nc2ccc(N3CCNC(=O)C3)cc2)cc1. The summed E-state index contributed by atoms with van der Waals surface area (Å²) in [5.41, 5.74) is 2.40. The van der Waals surface area contributed by atoms with Crippen molar-refractivity contribution < 1.29 is 18.0 Å². The highest BCUT2D eigenvalue weighted by molar-refractivity contribution is 7.89. The number of likely N-dealkylation sites (N-methyl/N-ethyl adjacent to an activating group) is 1. The van der Waals surface area contributed by atoms with Crippen molar-refractivity contribution in [3.05, 3.63) is 54.1 Å². The molecule has 0 radical (unpaired) electrons. The summed E-state index contributed by atoms with van der Waals surface area (Å²) in [7, 11) is -2.37. The molecule has 29 heavy (non-hydrogen) atoms. The first-order valence-corrected chi connectivity index (χ1v) is 10.6. The van der Waals surface area contributed by atoms with Crippen molar-refractivity contribution in [1.82, 2.24) is 9.62 Å². The minimum absolute atomic E-state index is 0.0218. The summed E-state index contributed by atoms with van der Waals surface area (Å²) < 4.78 is 26.2. The molecule has 3 rings (SSSR count). The number of hydrogen-bond acceptors (Lipinski definition) is 5. The molecule has 2 N–H and O–H groups in total. The van der Waals surface area contributed by atoms with E-state index in [4.69, 9.17) is 0 Å². The summed E-state index contributed by atoms with van der Waals surface area (Å²) >= 11 is 0. The Balaban J connectivity index is 1.60. The first kappa shape index (κ1) is 20.8. The predicted octanol–water partition coefficient (Wildman–Crippen LogP) is 1.19. The zero-order valence-corrected chi connectivity index (χ0v) is 17.2. The lowest BCUT2D eigenvalue weighted by Gasteiger charge is -2.28. The largest absolute Gasteiger partial charge is 0.360 e. The van der Waals surface area contributed by atoms with E-state index < -0.39 is 15.9 Å². The third kappa shape index (κ3) is 5.12. The third-order valence-electron chi connectivity index (χ3n) is 4.65. The molecule has 2 amide bonds. The summed E-state index contributed by atoms with van der Waals surface area (Å²) in [5, 5.41) is 5.47. The van der Waals surface area contributed by atoms with Gasteiger partial charge in [0.15, 0.2) is 0 Å². The highest BCUT2D eigenvalue weighted by atomic mass is 32.2. The van der Waals surface area contributed by atoms with Gasteiger partial charge in [0.05, 0.1) is 18.0 Å². The van der Waals surface area contributed by atoms with E-state index in [1.807, 2.05) is 24.0 Å². The molecule has 1 saturated heterocycles. The molecule has 1 aliphatic rings. The number of anilines is 2. The minimum atomic E-state index is -3.74. The van der Waals surface area contributed by atoms with Crippen LogP contribution in [0.5, 0.6) is 0 Å². The Morgan fingerprint density at radius 2 is 1.79 bits per heavy atom. The summed E-state index contributed by atoms with van der Waals surface area (Å²) in [4.78, 5) is 25.9. The summed E-state index contributed by atoms with van der Waals surface area (Å²) in [6.07, 6.45) is 0. The van der Waals surface area contributed by atoms with Gasteiger partial charge >= 0.3 is 0 Å². The molecule has 1 aliphatic heterocycles. The Bertz CT molecular complexity index is 988. The van der Waals surface area contributed by atoms with Crippen molar-refractivity contribution in [2.45, 2.75) is 11.8 Å². The summed E-state index contributed by atoms with van der Waals surface area (Å²) in [6, 6.07) is 13.6. The third-order valence-corrected chi connectivity index (χ3v) is 6.47. The second-order valence-electron chi connectivity index (χ2n) is 6.94. The number of piperazine rings is 1. The van der Waals surface area contributed by atoms with Gasteiger partial charge in [0.25, 0.3) is 0 Å². The average Bonchev–Trinajstić information content (AvgIpc) is 2.68. The van der Waals surface area contributed by atoms with Crippen molar-refractivity contribution in [3.63, 3.8) is 0 Å². The van der Waals surface area contributed by atoms with E-state index in [0.29, 0.717) is 18.8 Å². The molecule has 2 aromatic carbocycles. The topological polar surface area (TPSA) is 98.8 Å². The van der Waals surface area contributed by atoms with Gasteiger partial charge in [0, 0.05) is 31.5 Å². The zero-order chi connectivity index (χ0) is 21.0. The van der Waals surface area contributed by atoms with Gasteiger partial charge in [-0.25, -0.2) is 8.42 Å². The number of carbonyl (C=O) groups excluding carboxylic acids is 2. The van der Waals surface area contributed by atoms with Gasteiger partial charge in [0.2, 0.25) is 21.8 Å². The Labute approximate surface area is 170 Å². The number of carbonyl (C=O) groups is 2. The fraction of sp³-hybridized carbons (Fsp3) is 0.300. The predicted molar refractivity (Wildman–Crippen MR) is 111 cm³/mol. The van der Waals surface area contributed by atoms with Crippen LogP contribution in [0.2, 0.25) is 0 Å². The zero-order valence-electron chi connectivity index (χ0n) is 16.4. The van der Waals surface area contributed by atoms with Crippen LogP contribution in [0, 0.1) is 6.92 Å². The quantitative estimate of drug-likeness (QED) is 0.737. The van der Waals surface area contributed by atoms with E-state index >= 15 is 0 Å². The van der Waals surface area contributed by atoms with Crippen LogP contribution in [0.3, 0.4) is 0 Å². The molecule has 0 unspecified atom stereocenters. The van der Waals surface area contributed by atoms with Crippen LogP contribution >= 0.6 is 0 Å². The maximum atomic E-state index is 12.6. The fourth-order valence-electron chi connectivity index (χ4n) is 2.99. The highest BCUT2D eigenvalue weighted by Gasteiger charge is 2.23. The molecule has 0 aliphatic carbocycles. The molecule has 1 fully saturated rings. The van der Waals surface area contributed by atoms with Crippen LogP contribution in [-0.2, 0) is 19.6 Å². The molecule has 8 nitrogen and oxygen atoms in total. The van der Waals surface area contributed by atoms with E-state index in [-0.39, 0.29) is 17.3 Å². The van der Waals surface area contributed by atoms with E-state index in [1.165, 1.54) is 19.2 Å². The van der Waals surface area contributed by atoms with Crippen molar-refractivity contribution in [2.24, 2.45) is 0 Å². The average molecular weight is 417 g/mol. The number of amides is 2. The lowest BCUT2D eigenvalue weighted by molar-refractivity contribution is -0.120. The molecule has 154 valence electrons. The van der Waals surface area contributed by atoms with Gasteiger partial charge in [0.1, 0.15) is 0 Å². The van der Waals surface area contributed by atoms with Crippen LogP contribution < -0.4 is 15.5 Å². The van der Waals surface area contributed by atoms with E-state index in [2.05, 4.69) is 10.6 Å². The van der Waals surface area contributed by atoms with Crippen molar-refractivity contribution in [3.8, 4) is 0 Å². The standard InChI is InChI=1S/C20H24N4O4S/c1-15-3-9-18(10-4-15)29(27,28)23(2)13-20(26)22-16-5-7-17(8-6-16)24-12-11-21-19(25)14-24/h3-10H,11-14H2,1-2H3,(H,21,25)(H,22,26). The lowest BCUT2D eigenvalue weighted by Crippen LogP contribution is -2.47. The Morgan fingerprint density at radius 3 is 2.41 bits per heavy atom. The van der Waals surface area contributed by atoms with Gasteiger partial charge in [-0.3, -0.25) is 9.59 Å². The summed E-state index contributed by atoms with van der Waals surface area (Å²) in [5.74, 6) is -0.459. The molecule has 1 heterocycles. The number of aryl methyl sites for hydroxylation is 1. The second-order valence-corrected chi connectivity index (χ2v) is 8.99. The van der Waals surface area contributed by atoms with Crippen molar-refractivity contribution in [2.75, 3.05) is 43.4 Å². The highest BCUT2D eigenvalue weighted by Crippen LogP contribution is 2.19. The monoisotopic (exact) mass is 416 g/mol. The molecule has 0 atom stereocenters. The number of sulfonamides is 1. The Kier molecular flexibility index (Phi) is 6.19. The first-order valence-electron chi connectivity index (χ1n) is 9.20. The number of nitrogens with one attached hydrogen (secondary N) is 2. The van der Waals surface area contributed by atoms with E-state index in [1.54, 1.807) is 24.3 Å². The van der Waals surface area contributed by atoms with Gasteiger partial charge in [-0.05, 0) is 43.3 Å². The number of rotatable bonds is 6. The Morgan fingerprint density at radius 1 is 1.14 bits per heavy atom. The second kappa shape index (κ2) is 8.62.